The SMILES string of the molecule is CCC(=O)CC(CC)SCO. The molecule has 11 heavy (non-hydrogen) atoms. The molecule has 0 aliphatic carbocycles. The van der Waals surface area contributed by atoms with Gasteiger partial charge in [0.2, 0.25) is 0 Å². The number of aliphatic hydroxyl groups is 1. The average molecular weight is 176 g/mol. The number of ketones is 1. The fourth-order valence-electron chi connectivity index (χ4n) is 0.825. The average Bonchev–Trinajstić information content (AvgIpc) is 2.03. The first-order valence-electron chi connectivity index (χ1n) is 3.98. The quantitative estimate of drug-likeness (QED) is 0.627. The van der Waals surface area contributed by atoms with E-state index >= 15 is 0 Å². The van der Waals surface area contributed by atoms with E-state index in [0.29, 0.717) is 18.1 Å². The molecule has 0 heterocycles. The number of thioether (sulfide) groups is 1. The van der Waals surface area contributed by atoms with E-state index in [0.717, 1.165) is 6.42 Å². The van der Waals surface area contributed by atoms with Crippen LogP contribution in [0.25, 0.3) is 0 Å². The van der Waals surface area contributed by atoms with E-state index in [2.05, 4.69) is 0 Å². The monoisotopic (exact) mass is 176 g/mol. The van der Waals surface area contributed by atoms with Crippen LogP contribution in [0.1, 0.15) is 33.1 Å². The van der Waals surface area contributed by atoms with Crippen molar-refractivity contribution < 1.29 is 9.90 Å². The minimum Gasteiger partial charge on any atom is -0.386 e. The number of hydrogen-bond acceptors (Lipinski definition) is 3. The second-order valence-corrected chi connectivity index (χ2v) is 3.68. The second-order valence-electron chi connectivity index (χ2n) is 2.42. The van der Waals surface area contributed by atoms with Gasteiger partial charge in [-0.1, -0.05) is 13.8 Å². The number of hydrogen-bond donors (Lipinski definition) is 1. The van der Waals surface area contributed by atoms with E-state index < -0.39 is 0 Å². The molecule has 2 nitrogen and oxygen atoms in total. The van der Waals surface area contributed by atoms with Crippen molar-refractivity contribution >= 4 is 17.5 Å². The van der Waals surface area contributed by atoms with Crippen molar-refractivity contribution in [3.8, 4) is 0 Å². The van der Waals surface area contributed by atoms with Gasteiger partial charge in [0, 0.05) is 18.1 Å². The zero-order chi connectivity index (χ0) is 8.69. The van der Waals surface area contributed by atoms with Crippen LogP contribution in [0.15, 0.2) is 0 Å². The Kier molecular flexibility index (Phi) is 6.66. The van der Waals surface area contributed by atoms with Gasteiger partial charge in [0.05, 0.1) is 5.94 Å². The maximum absolute atomic E-state index is 11.0. The van der Waals surface area contributed by atoms with Gasteiger partial charge in [-0.05, 0) is 6.42 Å². The van der Waals surface area contributed by atoms with E-state index in [9.17, 15) is 4.79 Å². The van der Waals surface area contributed by atoms with Crippen LogP contribution >= 0.6 is 11.8 Å². The molecule has 0 radical (unpaired) electrons. The fourth-order valence-corrected chi connectivity index (χ4v) is 1.58. The summed E-state index contributed by atoms with van der Waals surface area (Å²) in [6.07, 6.45) is 2.18. The second kappa shape index (κ2) is 6.68. The van der Waals surface area contributed by atoms with Crippen LogP contribution in [0, 0.1) is 0 Å². The lowest BCUT2D eigenvalue weighted by Gasteiger charge is -2.10. The molecule has 0 amide bonds. The Labute approximate surface area is 72.4 Å². The van der Waals surface area contributed by atoms with Crippen molar-refractivity contribution in [2.24, 2.45) is 0 Å². The van der Waals surface area contributed by atoms with Crippen molar-refractivity contribution in [1.29, 1.82) is 0 Å². The van der Waals surface area contributed by atoms with Gasteiger partial charge in [-0.2, -0.15) is 0 Å². The number of Topliss-reactive ketones (excluding diaryl/α,β-unsaturated/α-hetero) is 1. The molecular formula is C8H16O2S. The summed E-state index contributed by atoms with van der Waals surface area (Å²) >= 11 is 1.45. The Morgan fingerprint density at radius 2 is 2.18 bits per heavy atom. The van der Waals surface area contributed by atoms with E-state index in [1.165, 1.54) is 11.8 Å². The smallest absolute Gasteiger partial charge is 0.133 e. The predicted octanol–water partition coefficient (Wildman–Crippen LogP) is 1.82. The highest BCUT2D eigenvalue weighted by molar-refractivity contribution is 7.99. The molecule has 0 bridgehead atoms. The lowest BCUT2D eigenvalue weighted by Crippen LogP contribution is -2.09. The van der Waals surface area contributed by atoms with Gasteiger partial charge in [0.15, 0.2) is 0 Å². The minimum absolute atomic E-state index is 0.121. The highest BCUT2D eigenvalue weighted by atomic mass is 32.2. The Hall–Kier alpha value is -0.0200. The van der Waals surface area contributed by atoms with Gasteiger partial charge in [-0.15, -0.1) is 11.8 Å². The molecule has 0 saturated carbocycles. The first kappa shape index (κ1) is 11.0. The van der Waals surface area contributed by atoms with Crippen molar-refractivity contribution in [3.05, 3.63) is 0 Å². The van der Waals surface area contributed by atoms with Crippen molar-refractivity contribution in [3.63, 3.8) is 0 Å². The molecule has 1 atom stereocenters. The standard InChI is InChI=1S/C8H16O2S/c1-3-7(10)5-8(4-2)11-6-9/h8-9H,3-6H2,1-2H3. The summed E-state index contributed by atoms with van der Waals surface area (Å²) in [5, 5.41) is 8.92. The van der Waals surface area contributed by atoms with Gasteiger partial charge in [-0.25, -0.2) is 0 Å². The Balaban J connectivity index is 3.58. The van der Waals surface area contributed by atoms with Crippen LogP contribution in [-0.2, 0) is 4.79 Å². The Morgan fingerprint density at radius 3 is 2.55 bits per heavy atom. The van der Waals surface area contributed by atoms with Crippen LogP contribution in [-0.4, -0.2) is 22.1 Å². The number of carbonyl (C=O) groups excluding carboxylic acids is 1. The third-order valence-electron chi connectivity index (χ3n) is 1.62. The first-order valence-corrected chi connectivity index (χ1v) is 5.03. The molecule has 0 aliphatic rings. The summed E-state index contributed by atoms with van der Waals surface area (Å²) < 4.78 is 0. The minimum atomic E-state index is 0.121. The summed E-state index contributed by atoms with van der Waals surface area (Å²) in [4.78, 5) is 11.0. The van der Waals surface area contributed by atoms with Crippen LogP contribution in [0.2, 0.25) is 0 Å². The number of aliphatic hydroxyl groups excluding tert-OH is 1. The summed E-state index contributed by atoms with van der Waals surface area (Å²) in [7, 11) is 0. The third-order valence-corrected chi connectivity index (χ3v) is 2.74. The molecule has 0 rings (SSSR count). The Bertz CT molecular complexity index is 115. The molecule has 0 spiro atoms. The molecule has 0 aliphatic heterocycles. The van der Waals surface area contributed by atoms with Crippen molar-refractivity contribution in [1.82, 2.24) is 0 Å². The molecule has 0 aromatic carbocycles. The van der Waals surface area contributed by atoms with Crippen LogP contribution in [0.4, 0.5) is 0 Å². The van der Waals surface area contributed by atoms with E-state index in [4.69, 9.17) is 5.11 Å². The summed E-state index contributed by atoms with van der Waals surface area (Å²) in [6.45, 7) is 3.91. The van der Waals surface area contributed by atoms with Crippen LogP contribution in [0.3, 0.4) is 0 Å². The van der Waals surface area contributed by atoms with Gasteiger partial charge in [0.1, 0.15) is 5.78 Å². The molecule has 3 heteroatoms. The fraction of sp³-hybridized carbons (Fsp3) is 0.875. The molecular weight excluding hydrogens is 160 g/mol. The molecule has 0 aromatic heterocycles. The maximum Gasteiger partial charge on any atom is 0.133 e. The lowest BCUT2D eigenvalue weighted by atomic mass is 10.1. The largest absolute Gasteiger partial charge is 0.386 e. The van der Waals surface area contributed by atoms with E-state index in [-0.39, 0.29) is 11.7 Å². The molecule has 0 fully saturated rings. The van der Waals surface area contributed by atoms with E-state index in [1.807, 2.05) is 13.8 Å². The van der Waals surface area contributed by atoms with Gasteiger partial charge < -0.3 is 5.11 Å². The van der Waals surface area contributed by atoms with Gasteiger partial charge in [-0.3, -0.25) is 4.79 Å². The highest BCUT2D eigenvalue weighted by Crippen LogP contribution is 2.17. The Morgan fingerprint density at radius 1 is 1.55 bits per heavy atom. The first-order chi connectivity index (χ1) is 5.24. The van der Waals surface area contributed by atoms with Gasteiger partial charge in [0.25, 0.3) is 0 Å². The zero-order valence-corrected chi connectivity index (χ0v) is 7.99. The number of rotatable bonds is 6. The van der Waals surface area contributed by atoms with Crippen molar-refractivity contribution in [2.45, 2.75) is 38.4 Å². The topological polar surface area (TPSA) is 37.3 Å². The summed E-state index contributed by atoms with van der Waals surface area (Å²) in [6, 6.07) is 0. The van der Waals surface area contributed by atoms with Crippen LogP contribution < -0.4 is 0 Å². The molecule has 1 N–H and O–H groups in total. The molecule has 66 valence electrons. The van der Waals surface area contributed by atoms with Gasteiger partial charge >= 0.3 is 0 Å². The lowest BCUT2D eigenvalue weighted by molar-refractivity contribution is -0.118. The number of carbonyl (C=O) groups is 1. The highest BCUT2D eigenvalue weighted by Gasteiger charge is 2.09. The predicted molar refractivity (Wildman–Crippen MR) is 48.7 cm³/mol. The zero-order valence-electron chi connectivity index (χ0n) is 7.17. The normalized spacial score (nSPS) is 13.0. The van der Waals surface area contributed by atoms with Crippen LogP contribution in [0.5, 0.6) is 0 Å². The van der Waals surface area contributed by atoms with E-state index in [1.54, 1.807) is 0 Å². The molecule has 0 aromatic rings. The third kappa shape index (κ3) is 5.27. The summed E-state index contributed by atoms with van der Waals surface area (Å²) in [5.74, 6) is 0.410. The van der Waals surface area contributed by atoms with Crippen molar-refractivity contribution in [2.75, 3.05) is 5.94 Å². The molecule has 1 unspecified atom stereocenters. The molecule has 0 saturated heterocycles. The summed E-state index contributed by atoms with van der Waals surface area (Å²) in [5.41, 5.74) is 0. The maximum atomic E-state index is 11.0.